The first-order valence-corrected chi connectivity index (χ1v) is 6.24. The summed E-state index contributed by atoms with van der Waals surface area (Å²) < 4.78 is 1.73. The summed E-state index contributed by atoms with van der Waals surface area (Å²) in [7, 11) is 2.54. The summed E-state index contributed by atoms with van der Waals surface area (Å²) in [5.74, 6) is 0.0871. The number of benzene rings is 1. The van der Waals surface area contributed by atoms with Gasteiger partial charge in [0.15, 0.2) is 0 Å². The number of phenols is 1. The van der Waals surface area contributed by atoms with Crippen molar-refractivity contribution in [3.8, 4) is 5.75 Å². The van der Waals surface area contributed by atoms with E-state index in [1.165, 1.54) is 38.4 Å². The summed E-state index contributed by atoms with van der Waals surface area (Å²) in [5.41, 5.74) is -1.72. The van der Waals surface area contributed by atoms with Gasteiger partial charge in [-0.2, -0.15) is 0 Å². The molecule has 0 atom stereocenters. The maximum Gasteiger partial charge on any atom is 0.357 e. The van der Waals surface area contributed by atoms with Crippen LogP contribution in [0.25, 0.3) is 12.2 Å². The Balaban J connectivity index is 2.64. The van der Waals surface area contributed by atoms with E-state index in [-0.39, 0.29) is 11.4 Å². The molecule has 0 unspecified atom stereocenters. The van der Waals surface area contributed by atoms with Crippen LogP contribution >= 0.6 is 0 Å². The standard InChI is InChI=1S/C14H13N3O5/c1-15-11(8-5-9-3-6-10(18)7-4-9)12(17(21)22)13(19)16(2)14(15)20/h3-8,18H,1-2H3/b8-5+. The minimum Gasteiger partial charge on any atom is -0.508 e. The Hall–Kier alpha value is -3.16. The fourth-order valence-corrected chi connectivity index (χ4v) is 1.97. The van der Waals surface area contributed by atoms with Crippen molar-refractivity contribution in [1.82, 2.24) is 9.13 Å². The van der Waals surface area contributed by atoms with Crippen LogP contribution in [-0.4, -0.2) is 19.2 Å². The van der Waals surface area contributed by atoms with Gasteiger partial charge in [-0.25, -0.2) is 4.79 Å². The second-order valence-corrected chi connectivity index (χ2v) is 4.62. The lowest BCUT2D eigenvalue weighted by atomic mass is 10.2. The lowest BCUT2D eigenvalue weighted by Crippen LogP contribution is -2.39. The van der Waals surface area contributed by atoms with Gasteiger partial charge in [-0.15, -0.1) is 0 Å². The number of aromatic hydroxyl groups is 1. The molecule has 2 rings (SSSR count). The van der Waals surface area contributed by atoms with Crippen LogP contribution in [0.2, 0.25) is 0 Å². The number of hydrogen-bond donors (Lipinski definition) is 1. The second kappa shape index (κ2) is 5.68. The van der Waals surface area contributed by atoms with Crippen molar-refractivity contribution in [1.29, 1.82) is 0 Å². The summed E-state index contributed by atoms with van der Waals surface area (Å²) in [6.07, 6.45) is 2.84. The van der Waals surface area contributed by atoms with Crippen LogP contribution in [0, 0.1) is 10.1 Å². The fraction of sp³-hybridized carbons (Fsp3) is 0.143. The lowest BCUT2D eigenvalue weighted by molar-refractivity contribution is -0.387. The highest BCUT2D eigenvalue weighted by Gasteiger charge is 2.23. The van der Waals surface area contributed by atoms with Crippen LogP contribution in [0.15, 0.2) is 33.9 Å². The summed E-state index contributed by atoms with van der Waals surface area (Å²) in [6, 6.07) is 6.10. The van der Waals surface area contributed by atoms with Gasteiger partial charge in [-0.3, -0.25) is 24.0 Å². The number of hydrogen-bond acceptors (Lipinski definition) is 5. The number of nitrogens with zero attached hydrogens (tertiary/aromatic N) is 3. The molecule has 0 aliphatic rings. The normalized spacial score (nSPS) is 11.0. The van der Waals surface area contributed by atoms with Crippen molar-refractivity contribution in [2.24, 2.45) is 14.1 Å². The topological polar surface area (TPSA) is 107 Å². The molecule has 0 radical (unpaired) electrons. The van der Waals surface area contributed by atoms with Crippen molar-refractivity contribution >= 4 is 17.8 Å². The van der Waals surface area contributed by atoms with E-state index in [0.29, 0.717) is 10.1 Å². The van der Waals surface area contributed by atoms with Gasteiger partial charge in [-0.05, 0) is 23.8 Å². The molecule has 8 nitrogen and oxygen atoms in total. The van der Waals surface area contributed by atoms with Crippen molar-refractivity contribution in [3.05, 3.63) is 66.5 Å². The van der Waals surface area contributed by atoms with Crippen LogP contribution in [-0.2, 0) is 14.1 Å². The predicted molar refractivity (Wildman–Crippen MR) is 80.6 cm³/mol. The molecule has 1 aromatic heterocycles. The Morgan fingerprint density at radius 2 is 1.68 bits per heavy atom. The zero-order valence-electron chi connectivity index (χ0n) is 11.9. The molecule has 0 amide bonds. The highest BCUT2D eigenvalue weighted by Crippen LogP contribution is 2.16. The minimum atomic E-state index is -0.960. The van der Waals surface area contributed by atoms with Gasteiger partial charge >= 0.3 is 16.9 Å². The smallest absolute Gasteiger partial charge is 0.357 e. The average Bonchev–Trinajstić information content (AvgIpc) is 2.48. The molecular formula is C14H13N3O5. The van der Waals surface area contributed by atoms with Crippen LogP contribution in [0.1, 0.15) is 11.3 Å². The Morgan fingerprint density at radius 3 is 2.23 bits per heavy atom. The van der Waals surface area contributed by atoms with Crippen LogP contribution in [0.5, 0.6) is 5.75 Å². The molecule has 1 aromatic carbocycles. The van der Waals surface area contributed by atoms with E-state index in [1.807, 2.05) is 0 Å². The SMILES string of the molecule is Cn1c(/C=C/c2ccc(O)cc2)c([N+](=O)[O-])c(=O)n(C)c1=O. The molecule has 0 spiro atoms. The molecule has 8 heteroatoms. The van der Waals surface area contributed by atoms with E-state index in [1.54, 1.807) is 12.1 Å². The Morgan fingerprint density at radius 1 is 1.09 bits per heavy atom. The third-order valence-corrected chi connectivity index (χ3v) is 3.19. The molecular weight excluding hydrogens is 290 g/mol. The average molecular weight is 303 g/mol. The first kappa shape index (κ1) is 15.2. The van der Waals surface area contributed by atoms with Gasteiger partial charge in [-0.1, -0.05) is 18.2 Å². The highest BCUT2D eigenvalue weighted by atomic mass is 16.6. The van der Waals surface area contributed by atoms with E-state index < -0.39 is 21.9 Å². The van der Waals surface area contributed by atoms with Crippen molar-refractivity contribution < 1.29 is 10.0 Å². The van der Waals surface area contributed by atoms with E-state index in [4.69, 9.17) is 0 Å². The molecule has 1 heterocycles. The maximum absolute atomic E-state index is 11.9. The van der Waals surface area contributed by atoms with Gasteiger partial charge in [0.1, 0.15) is 11.4 Å². The Kier molecular flexibility index (Phi) is 3.93. The highest BCUT2D eigenvalue weighted by molar-refractivity contribution is 5.72. The third kappa shape index (κ3) is 2.66. The molecule has 0 aliphatic carbocycles. The van der Waals surface area contributed by atoms with Crippen molar-refractivity contribution in [2.75, 3.05) is 0 Å². The summed E-state index contributed by atoms with van der Waals surface area (Å²) in [5, 5.41) is 20.3. The maximum atomic E-state index is 11.9. The van der Waals surface area contributed by atoms with Crippen LogP contribution in [0.3, 0.4) is 0 Å². The summed E-state index contributed by atoms with van der Waals surface area (Å²) in [6.45, 7) is 0. The van der Waals surface area contributed by atoms with Crippen LogP contribution in [0.4, 0.5) is 5.69 Å². The molecule has 1 N–H and O–H groups in total. The summed E-state index contributed by atoms with van der Waals surface area (Å²) >= 11 is 0. The van der Waals surface area contributed by atoms with E-state index in [9.17, 15) is 24.8 Å². The summed E-state index contributed by atoms with van der Waals surface area (Å²) in [4.78, 5) is 34.1. The molecule has 0 fully saturated rings. The molecule has 114 valence electrons. The zero-order valence-corrected chi connectivity index (χ0v) is 11.9. The van der Waals surface area contributed by atoms with Gasteiger partial charge in [0, 0.05) is 14.1 Å². The molecule has 0 saturated carbocycles. The molecule has 22 heavy (non-hydrogen) atoms. The van der Waals surface area contributed by atoms with Gasteiger partial charge in [0.05, 0.1) is 4.92 Å². The van der Waals surface area contributed by atoms with Crippen molar-refractivity contribution in [3.63, 3.8) is 0 Å². The predicted octanol–water partition coefficient (Wildman–Crippen LogP) is 0.868. The largest absolute Gasteiger partial charge is 0.508 e. The number of nitro groups is 1. The second-order valence-electron chi connectivity index (χ2n) is 4.62. The third-order valence-electron chi connectivity index (χ3n) is 3.19. The fourth-order valence-electron chi connectivity index (χ4n) is 1.97. The number of phenolic OH excluding ortho intramolecular Hbond substituents is 1. The molecule has 0 bridgehead atoms. The van der Waals surface area contributed by atoms with E-state index in [0.717, 1.165) is 4.57 Å². The van der Waals surface area contributed by atoms with Gasteiger partial charge in [0.25, 0.3) is 0 Å². The van der Waals surface area contributed by atoms with E-state index >= 15 is 0 Å². The number of rotatable bonds is 3. The Labute approximate surface area is 124 Å². The van der Waals surface area contributed by atoms with E-state index in [2.05, 4.69) is 0 Å². The van der Waals surface area contributed by atoms with Gasteiger partial charge < -0.3 is 5.11 Å². The minimum absolute atomic E-state index is 0.0871. The number of aromatic nitrogens is 2. The monoisotopic (exact) mass is 303 g/mol. The van der Waals surface area contributed by atoms with Crippen molar-refractivity contribution in [2.45, 2.75) is 0 Å². The van der Waals surface area contributed by atoms with Crippen LogP contribution < -0.4 is 11.2 Å². The zero-order chi connectivity index (χ0) is 16.4. The van der Waals surface area contributed by atoms with Gasteiger partial charge in [0.2, 0.25) is 0 Å². The first-order chi connectivity index (χ1) is 10.3. The molecule has 2 aromatic rings. The first-order valence-electron chi connectivity index (χ1n) is 6.24. The quantitative estimate of drug-likeness (QED) is 0.668. The Bertz CT molecular complexity index is 875. The molecule has 0 aliphatic heterocycles. The molecule has 0 saturated heterocycles. The lowest BCUT2D eigenvalue weighted by Gasteiger charge is -2.06.